The van der Waals surface area contributed by atoms with E-state index in [0.717, 1.165) is 5.75 Å². The van der Waals surface area contributed by atoms with Gasteiger partial charge in [0.1, 0.15) is 5.75 Å². The fraction of sp³-hybridized carbons (Fsp3) is 0.217. The molecule has 0 spiro atoms. The summed E-state index contributed by atoms with van der Waals surface area (Å²) in [5, 5.41) is 0. The fourth-order valence-corrected chi connectivity index (χ4v) is 3.91. The summed E-state index contributed by atoms with van der Waals surface area (Å²) in [5.74, 6) is 1.09. The second-order valence-corrected chi connectivity index (χ2v) is 6.93. The summed E-state index contributed by atoms with van der Waals surface area (Å²) in [4.78, 5) is 4.42. The Morgan fingerprint density at radius 1 is 0.889 bits per heavy atom. The summed E-state index contributed by atoms with van der Waals surface area (Å²) >= 11 is 0. The number of ether oxygens (including phenoxy) is 1. The summed E-state index contributed by atoms with van der Waals surface area (Å²) in [5.41, 5.74) is 7.46. The van der Waals surface area contributed by atoms with E-state index in [4.69, 9.17) is 4.74 Å². The van der Waals surface area contributed by atoms with Crippen LogP contribution in [0.3, 0.4) is 0 Å². The second-order valence-electron chi connectivity index (χ2n) is 6.93. The van der Waals surface area contributed by atoms with Gasteiger partial charge in [0.2, 0.25) is 0 Å². The molecule has 0 fully saturated rings. The summed E-state index contributed by atoms with van der Waals surface area (Å²) in [6.45, 7) is 0. The summed E-state index contributed by atoms with van der Waals surface area (Å²) in [6.07, 6.45) is 0. The minimum absolute atomic E-state index is 0. The molecule has 3 nitrogen and oxygen atoms in total. The third kappa shape index (κ3) is 3.19. The monoisotopic (exact) mass is 424 g/mol. The summed E-state index contributed by atoms with van der Waals surface area (Å²) in [6, 6.07) is 23.7. The lowest BCUT2D eigenvalue weighted by molar-refractivity contribution is 0.409. The molecule has 0 saturated carbocycles. The molecule has 0 aliphatic carbocycles. The number of anilines is 3. The summed E-state index contributed by atoms with van der Waals surface area (Å²) in [7, 11) is 8.05. The van der Waals surface area contributed by atoms with E-state index in [1.807, 2.05) is 0 Å². The number of rotatable bonds is 3. The second kappa shape index (κ2) is 7.65. The van der Waals surface area contributed by atoms with E-state index in [-0.39, 0.29) is 22.9 Å². The van der Waals surface area contributed by atoms with Gasteiger partial charge in [0.25, 0.3) is 0 Å². The molecule has 3 aromatic rings. The van der Waals surface area contributed by atoms with Gasteiger partial charge >= 0.3 is 0 Å². The van der Waals surface area contributed by atoms with E-state index < -0.39 is 0 Å². The van der Waals surface area contributed by atoms with E-state index >= 15 is 0 Å². The quantitative estimate of drug-likeness (QED) is 0.543. The van der Waals surface area contributed by atoms with Crippen LogP contribution in [0.2, 0.25) is 0 Å². The molecular weight excluding hydrogens is 400 g/mol. The largest absolute Gasteiger partial charge is 0.496 e. The number of hydrogen-bond donors (Lipinski definition) is 0. The first kappa shape index (κ1) is 19.3. The van der Waals surface area contributed by atoms with Crippen molar-refractivity contribution >= 4 is 34.0 Å². The SMILES string of the molecule is Br.COc1cccc2c1C(c1ccccc1)c1ccc(N(C)C)cc1N2C. The highest BCUT2D eigenvalue weighted by Crippen LogP contribution is 2.51. The van der Waals surface area contributed by atoms with Crippen molar-refractivity contribution in [2.75, 3.05) is 38.1 Å². The molecule has 27 heavy (non-hydrogen) atoms. The standard InChI is InChI=1S/C23H24N2O.BrH/c1-24(2)17-13-14-18-20(15-17)25(3)19-11-8-12-21(26-4)23(19)22(18)16-9-6-5-7-10-16;/h5-15,22H,1-4H3;1H. The van der Waals surface area contributed by atoms with Crippen LogP contribution in [0.25, 0.3) is 0 Å². The van der Waals surface area contributed by atoms with Crippen molar-refractivity contribution < 1.29 is 4.74 Å². The van der Waals surface area contributed by atoms with Crippen molar-refractivity contribution in [2.24, 2.45) is 0 Å². The van der Waals surface area contributed by atoms with Crippen LogP contribution in [0.4, 0.5) is 17.1 Å². The third-order valence-corrected chi connectivity index (χ3v) is 5.25. The predicted molar refractivity (Wildman–Crippen MR) is 120 cm³/mol. The van der Waals surface area contributed by atoms with Gasteiger partial charge in [0, 0.05) is 49.7 Å². The number of benzene rings is 3. The van der Waals surface area contributed by atoms with Gasteiger partial charge in [-0.25, -0.2) is 0 Å². The van der Waals surface area contributed by atoms with Gasteiger partial charge in [-0.3, -0.25) is 0 Å². The Morgan fingerprint density at radius 2 is 1.63 bits per heavy atom. The van der Waals surface area contributed by atoms with Crippen molar-refractivity contribution in [3.05, 3.63) is 83.4 Å². The molecule has 0 saturated heterocycles. The molecule has 1 aliphatic rings. The molecule has 1 atom stereocenters. The number of halogens is 1. The molecule has 0 aromatic heterocycles. The van der Waals surface area contributed by atoms with Crippen LogP contribution in [-0.4, -0.2) is 28.3 Å². The summed E-state index contributed by atoms with van der Waals surface area (Å²) < 4.78 is 5.75. The lowest BCUT2D eigenvalue weighted by Gasteiger charge is -2.37. The van der Waals surface area contributed by atoms with Crippen LogP contribution in [0.1, 0.15) is 22.6 Å². The lowest BCUT2D eigenvalue weighted by Crippen LogP contribution is -2.23. The Balaban J connectivity index is 0.00000210. The van der Waals surface area contributed by atoms with Crippen molar-refractivity contribution in [2.45, 2.75) is 5.92 Å². The van der Waals surface area contributed by atoms with Gasteiger partial charge in [-0.05, 0) is 35.4 Å². The maximum absolute atomic E-state index is 5.75. The zero-order valence-corrected chi connectivity index (χ0v) is 17.9. The minimum atomic E-state index is 0. The van der Waals surface area contributed by atoms with Crippen LogP contribution >= 0.6 is 17.0 Å². The van der Waals surface area contributed by atoms with Crippen LogP contribution in [-0.2, 0) is 0 Å². The fourth-order valence-electron chi connectivity index (χ4n) is 3.91. The normalized spacial score (nSPS) is 14.7. The molecule has 1 aliphatic heterocycles. The Morgan fingerprint density at radius 3 is 2.30 bits per heavy atom. The van der Waals surface area contributed by atoms with E-state index in [1.54, 1.807) is 7.11 Å². The molecule has 0 radical (unpaired) electrons. The number of hydrogen-bond acceptors (Lipinski definition) is 3. The van der Waals surface area contributed by atoms with Gasteiger partial charge in [0.05, 0.1) is 7.11 Å². The topological polar surface area (TPSA) is 15.7 Å². The maximum Gasteiger partial charge on any atom is 0.125 e. The Bertz CT molecular complexity index is 940. The first-order valence-corrected chi connectivity index (χ1v) is 8.88. The van der Waals surface area contributed by atoms with E-state index in [2.05, 4.69) is 97.7 Å². The van der Waals surface area contributed by atoms with Crippen LogP contribution < -0.4 is 14.5 Å². The number of methoxy groups -OCH3 is 1. The van der Waals surface area contributed by atoms with Gasteiger partial charge in [-0.2, -0.15) is 0 Å². The molecule has 4 heteroatoms. The van der Waals surface area contributed by atoms with Crippen LogP contribution in [0, 0.1) is 0 Å². The van der Waals surface area contributed by atoms with Gasteiger partial charge in [-0.1, -0.05) is 42.5 Å². The molecule has 1 unspecified atom stereocenters. The Labute approximate surface area is 172 Å². The lowest BCUT2D eigenvalue weighted by atomic mass is 9.80. The van der Waals surface area contributed by atoms with Gasteiger partial charge in [0.15, 0.2) is 0 Å². The van der Waals surface area contributed by atoms with E-state index in [0.29, 0.717) is 0 Å². The molecule has 140 valence electrons. The maximum atomic E-state index is 5.75. The van der Waals surface area contributed by atoms with Crippen LogP contribution in [0.5, 0.6) is 5.75 Å². The van der Waals surface area contributed by atoms with E-state index in [9.17, 15) is 0 Å². The average Bonchev–Trinajstić information content (AvgIpc) is 2.68. The highest BCUT2D eigenvalue weighted by atomic mass is 79.9. The average molecular weight is 425 g/mol. The molecule has 3 aromatic carbocycles. The van der Waals surface area contributed by atoms with Crippen molar-refractivity contribution in [3.8, 4) is 5.75 Å². The first-order valence-electron chi connectivity index (χ1n) is 8.88. The molecule has 0 bridgehead atoms. The minimum Gasteiger partial charge on any atom is -0.496 e. The van der Waals surface area contributed by atoms with Gasteiger partial charge in [-0.15, -0.1) is 17.0 Å². The molecular formula is C23H25BrN2O. The molecule has 1 heterocycles. The zero-order valence-electron chi connectivity index (χ0n) is 16.1. The molecule has 0 amide bonds. The predicted octanol–water partition coefficient (Wildman–Crippen LogP) is 5.60. The van der Waals surface area contributed by atoms with E-state index in [1.165, 1.54) is 33.8 Å². The first-order chi connectivity index (χ1) is 12.6. The van der Waals surface area contributed by atoms with Gasteiger partial charge < -0.3 is 14.5 Å². The highest BCUT2D eigenvalue weighted by molar-refractivity contribution is 8.93. The number of fused-ring (bicyclic) bond motifs is 2. The van der Waals surface area contributed by atoms with Crippen molar-refractivity contribution in [1.29, 1.82) is 0 Å². The number of nitrogens with zero attached hydrogens (tertiary/aromatic N) is 2. The molecule has 4 rings (SSSR count). The third-order valence-electron chi connectivity index (χ3n) is 5.25. The smallest absolute Gasteiger partial charge is 0.125 e. The Hall–Kier alpha value is -2.46. The van der Waals surface area contributed by atoms with Crippen molar-refractivity contribution in [1.82, 2.24) is 0 Å². The highest BCUT2D eigenvalue weighted by Gasteiger charge is 2.32. The Kier molecular flexibility index (Phi) is 5.47. The molecule has 0 N–H and O–H groups in total. The van der Waals surface area contributed by atoms with Crippen LogP contribution in [0.15, 0.2) is 66.7 Å². The van der Waals surface area contributed by atoms with Crippen molar-refractivity contribution in [3.63, 3.8) is 0 Å². The zero-order chi connectivity index (χ0) is 18.3.